The molecule has 1 saturated heterocycles. The van der Waals surface area contributed by atoms with Gasteiger partial charge in [-0.05, 0) is 67.0 Å². The molecule has 0 aromatic heterocycles. The summed E-state index contributed by atoms with van der Waals surface area (Å²) in [4.78, 5) is 2.00. The minimum atomic E-state index is -0.489. The summed E-state index contributed by atoms with van der Waals surface area (Å²) in [5.74, 6) is -0.348. The highest BCUT2D eigenvalue weighted by atomic mass is 79.9. The van der Waals surface area contributed by atoms with Gasteiger partial charge >= 0.3 is 0 Å². The number of benzene rings is 1. The zero-order valence-electron chi connectivity index (χ0n) is 11.1. The Morgan fingerprint density at radius 2 is 2.00 bits per heavy atom. The lowest BCUT2D eigenvalue weighted by Gasteiger charge is -2.27. The first-order valence-electron chi connectivity index (χ1n) is 6.59. The van der Waals surface area contributed by atoms with Crippen LogP contribution in [0.15, 0.2) is 16.6 Å². The standard InChI is InChI=1S/C14H19BrF2N2/c1-19(8-10-4-6-18-7-5-10)9-11-13(16)3-2-12(15)14(11)17/h2-3,10,18H,4-9H2,1H3. The number of rotatable bonds is 4. The summed E-state index contributed by atoms with van der Waals surface area (Å²) in [6, 6.07) is 2.71. The van der Waals surface area contributed by atoms with E-state index in [0.717, 1.165) is 32.5 Å². The van der Waals surface area contributed by atoms with E-state index < -0.39 is 11.6 Å². The molecule has 106 valence electrons. The summed E-state index contributed by atoms with van der Waals surface area (Å²) in [6.45, 7) is 3.27. The molecule has 0 bridgehead atoms. The summed E-state index contributed by atoms with van der Waals surface area (Å²) >= 11 is 3.10. The Kier molecular flexibility index (Phi) is 5.30. The summed E-state index contributed by atoms with van der Waals surface area (Å²) in [5, 5.41) is 3.32. The second-order valence-electron chi connectivity index (χ2n) is 5.21. The molecule has 0 saturated carbocycles. The SMILES string of the molecule is CN(Cc1c(F)ccc(Br)c1F)CC1CCNCC1. The highest BCUT2D eigenvalue weighted by Gasteiger charge is 2.18. The lowest BCUT2D eigenvalue weighted by molar-refractivity contribution is 0.230. The summed E-state index contributed by atoms with van der Waals surface area (Å²) in [6.07, 6.45) is 2.27. The van der Waals surface area contributed by atoms with Crippen LogP contribution in [0, 0.1) is 17.6 Å². The summed E-state index contributed by atoms with van der Waals surface area (Å²) in [5.41, 5.74) is 0.144. The van der Waals surface area contributed by atoms with Gasteiger partial charge in [-0.3, -0.25) is 0 Å². The molecular formula is C14H19BrF2N2. The van der Waals surface area contributed by atoms with E-state index >= 15 is 0 Å². The molecule has 0 atom stereocenters. The van der Waals surface area contributed by atoms with Gasteiger partial charge in [-0.2, -0.15) is 0 Å². The van der Waals surface area contributed by atoms with Gasteiger partial charge in [-0.25, -0.2) is 8.78 Å². The third kappa shape index (κ3) is 3.97. The van der Waals surface area contributed by atoms with Crippen molar-refractivity contribution in [3.05, 3.63) is 33.8 Å². The van der Waals surface area contributed by atoms with Crippen molar-refractivity contribution in [2.24, 2.45) is 5.92 Å². The molecule has 1 heterocycles. The van der Waals surface area contributed by atoms with Gasteiger partial charge in [0.2, 0.25) is 0 Å². The van der Waals surface area contributed by atoms with E-state index in [1.54, 1.807) is 0 Å². The van der Waals surface area contributed by atoms with Crippen LogP contribution in [-0.4, -0.2) is 31.6 Å². The van der Waals surface area contributed by atoms with Crippen molar-refractivity contribution in [3.8, 4) is 0 Å². The predicted molar refractivity (Wildman–Crippen MR) is 76.0 cm³/mol. The van der Waals surface area contributed by atoms with Gasteiger partial charge in [0.1, 0.15) is 11.6 Å². The number of halogens is 3. The third-order valence-corrected chi connectivity index (χ3v) is 4.21. The van der Waals surface area contributed by atoms with Crippen LogP contribution in [-0.2, 0) is 6.54 Å². The number of nitrogens with one attached hydrogen (secondary N) is 1. The molecule has 0 spiro atoms. The first kappa shape index (κ1) is 14.9. The Bertz CT molecular complexity index is 434. The maximum absolute atomic E-state index is 13.9. The van der Waals surface area contributed by atoms with Gasteiger partial charge in [0.25, 0.3) is 0 Å². The molecule has 1 fully saturated rings. The molecule has 1 aromatic carbocycles. The van der Waals surface area contributed by atoms with Gasteiger partial charge in [0, 0.05) is 18.7 Å². The van der Waals surface area contributed by atoms with E-state index in [9.17, 15) is 8.78 Å². The van der Waals surface area contributed by atoms with Crippen molar-refractivity contribution in [1.82, 2.24) is 10.2 Å². The lowest BCUT2D eigenvalue weighted by Crippen LogP contribution is -2.34. The number of piperidine rings is 1. The quantitative estimate of drug-likeness (QED) is 0.852. The van der Waals surface area contributed by atoms with Gasteiger partial charge in [-0.1, -0.05) is 0 Å². The van der Waals surface area contributed by atoms with Crippen molar-refractivity contribution in [3.63, 3.8) is 0 Å². The summed E-state index contributed by atoms with van der Waals surface area (Å²) in [7, 11) is 1.92. The molecule has 2 nitrogen and oxygen atoms in total. The normalized spacial score (nSPS) is 17.1. The minimum absolute atomic E-state index is 0.144. The summed E-state index contributed by atoms with van der Waals surface area (Å²) < 4.78 is 27.9. The fourth-order valence-electron chi connectivity index (χ4n) is 2.55. The van der Waals surface area contributed by atoms with Crippen molar-refractivity contribution in [2.75, 3.05) is 26.7 Å². The third-order valence-electron chi connectivity index (χ3n) is 3.60. The van der Waals surface area contributed by atoms with Crippen LogP contribution in [0.5, 0.6) is 0 Å². The van der Waals surface area contributed by atoms with E-state index in [1.807, 2.05) is 11.9 Å². The van der Waals surface area contributed by atoms with Crippen LogP contribution in [0.2, 0.25) is 0 Å². The zero-order chi connectivity index (χ0) is 13.8. The average Bonchev–Trinajstić information content (AvgIpc) is 2.40. The maximum Gasteiger partial charge on any atom is 0.144 e. The smallest absolute Gasteiger partial charge is 0.144 e. The highest BCUT2D eigenvalue weighted by molar-refractivity contribution is 9.10. The topological polar surface area (TPSA) is 15.3 Å². The van der Waals surface area contributed by atoms with Crippen molar-refractivity contribution in [1.29, 1.82) is 0 Å². The molecule has 0 radical (unpaired) electrons. The second kappa shape index (κ2) is 6.77. The first-order valence-corrected chi connectivity index (χ1v) is 7.39. The second-order valence-corrected chi connectivity index (χ2v) is 6.07. The fraction of sp³-hybridized carbons (Fsp3) is 0.571. The average molecular weight is 333 g/mol. The lowest BCUT2D eigenvalue weighted by atomic mass is 9.97. The minimum Gasteiger partial charge on any atom is -0.317 e. The molecule has 0 aliphatic carbocycles. The van der Waals surface area contributed by atoms with E-state index in [2.05, 4.69) is 21.2 Å². The molecule has 5 heteroatoms. The van der Waals surface area contributed by atoms with Gasteiger partial charge in [0.15, 0.2) is 0 Å². The molecule has 1 aliphatic rings. The van der Waals surface area contributed by atoms with E-state index in [4.69, 9.17) is 0 Å². The van der Waals surface area contributed by atoms with E-state index in [1.165, 1.54) is 12.1 Å². The van der Waals surface area contributed by atoms with Crippen LogP contribution < -0.4 is 5.32 Å². The van der Waals surface area contributed by atoms with Gasteiger partial charge in [0.05, 0.1) is 4.47 Å². The molecule has 19 heavy (non-hydrogen) atoms. The Hall–Kier alpha value is -0.520. The monoisotopic (exact) mass is 332 g/mol. The Morgan fingerprint density at radius 3 is 2.68 bits per heavy atom. The van der Waals surface area contributed by atoms with Crippen LogP contribution in [0.3, 0.4) is 0 Å². The van der Waals surface area contributed by atoms with Gasteiger partial charge in [-0.15, -0.1) is 0 Å². The number of nitrogens with zero attached hydrogens (tertiary/aromatic N) is 1. The number of hydrogen-bond donors (Lipinski definition) is 1. The predicted octanol–water partition coefficient (Wildman–Crippen LogP) is 3.16. The van der Waals surface area contributed by atoms with Crippen molar-refractivity contribution >= 4 is 15.9 Å². The molecule has 0 unspecified atom stereocenters. The Balaban J connectivity index is 1.98. The molecule has 1 aliphatic heterocycles. The van der Waals surface area contributed by atoms with Gasteiger partial charge < -0.3 is 10.2 Å². The molecule has 1 N–H and O–H groups in total. The zero-order valence-corrected chi connectivity index (χ0v) is 12.6. The molecule has 0 amide bonds. The molecule has 1 aromatic rings. The van der Waals surface area contributed by atoms with Crippen molar-refractivity contribution in [2.45, 2.75) is 19.4 Å². The maximum atomic E-state index is 13.9. The Labute approximate surface area is 121 Å². The molecule has 2 rings (SSSR count). The first-order chi connectivity index (χ1) is 9.08. The number of hydrogen-bond acceptors (Lipinski definition) is 2. The van der Waals surface area contributed by atoms with Crippen LogP contribution >= 0.6 is 15.9 Å². The van der Waals surface area contributed by atoms with Crippen LogP contribution in [0.4, 0.5) is 8.78 Å². The Morgan fingerprint density at radius 1 is 1.32 bits per heavy atom. The fourth-order valence-corrected chi connectivity index (χ4v) is 2.93. The van der Waals surface area contributed by atoms with Crippen molar-refractivity contribution < 1.29 is 8.78 Å². The molecular weight excluding hydrogens is 314 g/mol. The van der Waals surface area contributed by atoms with Crippen LogP contribution in [0.25, 0.3) is 0 Å². The largest absolute Gasteiger partial charge is 0.317 e. The van der Waals surface area contributed by atoms with Crippen LogP contribution in [0.1, 0.15) is 18.4 Å². The van der Waals surface area contributed by atoms with E-state index in [0.29, 0.717) is 16.9 Å². The highest BCUT2D eigenvalue weighted by Crippen LogP contribution is 2.23. The van der Waals surface area contributed by atoms with E-state index in [-0.39, 0.29) is 5.56 Å².